The molecular formula is C16H13F2N3O3S. The molecule has 0 unspecified atom stereocenters. The summed E-state index contributed by atoms with van der Waals surface area (Å²) in [5.41, 5.74) is 0.601. The van der Waals surface area contributed by atoms with Crippen LogP contribution >= 0.6 is 11.3 Å². The summed E-state index contributed by atoms with van der Waals surface area (Å²) in [6, 6.07) is 3.56. The zero-order valence-electron chi connectivity index (χ0n) is 13.3. The quantitative estimate of drug-likeness (QED) is 0.744. The van der Waals surface area contributed by atoms with Gasteiger partial charge in [-0.05, 0) is 26.0 Å². The van der Waals surface area contributed by atoms with Gasteiger partial charge < -0.3 is 15.1 Å². The molecule has 0 atom stereocenters. The molecule has 25 heavy (non-hydrogen) atoms. The fourth-order valence-corrected chi connectivity index (χ4v) is 3.14. The van der Waals surface area contributed by atoms with E-state index >= 15 is 0 Å². The van der Waals surface area contributed by atoms with E-state index in [4.69, 9.17) is 4.42 Å². The number of anilines is 1. The lowest BCUT2D eigenvalue weighted by atomic mass is 10.2. The lowest BCUT2D eigenvalue weighted by Gasteiger charge is -2.04. The molecule has 130 valence electrons. The third-order valence-electron chi connectivity index (χ3n) is 3.37. The van der Waals surface area contributed by atoms with E-state index in [2.05, 4.69) is 15.6 Å². The number of nitrogens with zero attached hydrogens (tertiary/aromatic N) is 1. The number of benzene rings is 1. The van der Waals surface area contributed by atoms with Crippen molar-refractivity contribution in [3.8, 4) is 0 Å². The molecule has 2 amide bonds. The Balaban J connectivity index is 1.63. The Morgan fingerprint density at radius 3 is 2.60 bits per heavy atom. The van der Waals surface area contributed by atoms with Crippen LogP contribution in [0.5, 0.6) is 0 Å². The molecule has 1 aromatic carbocycles. The van der Waals surface area contributed by atoms with E-state index in [1.807, 2.05) is 0 Å². The first kappa shape index (κ1) is 17.0. The molecule has 0 saturated carbocycles. The van der Waals surface area contributed by atoms with E-state index < -0.39 is 23.4 Å². The van der Waals surface area contributed by atoms with Crippen LogP contribution in [0.2, 0.25) is 0 Å². The third-order valence-corrected chi connectivity index (χ3v) is 4.31. The lowest BCUT2D eigenvalue weighted by Crippen LogP contribution is -2.32. The summed E-state index contributed by atoms with van der Waals surface area (Å²) in [7, 11) is 0. The number of amides is 2. The zero-order chi connectivity index (χ0) is 18.1. The van der Waals surface area contributed by atoms with E-state index in [1.165, 1.54) is 0 Å². The van der Waals surface area contributed by atoms with Gasteiger partial charge in [0.15, 0.2) is 16.8 Å². The molecular weight excluding hydrogens is 352 g/mol. The molecule has 0 spiro atoms. The van der Waals surface area contributed by atoms with Crippen LogP contribution < -0.4 is 10.6 Å². The van der Waals surface area contributed by atoms with Crippen molar-refractivity contribution in [2.45, 2.75) is 13.8 Å². The maximum Gasteiger partial charge on any atom is 0.255 e. The highest BCUT2D eigenvalue weighted by molar-refractivity contribution is 7.22. The summed E-state index contributed by atoms with van der Waals surface area (Å²) in [5.74, 6) is -1.86. The van der Waals surface area contributed by atoms with Crippen LogP contribution in [0.15, 0.2) is 22.6 Å². The topological polar surface area (TPSA) is 84.2 Å². The highest BCUT2D eigenvalue weighted by atomic mass is 32.1. The number of aryl methyl sites for hydroxylation is 2. The van der Waals surface area contributed by atoms with E-state index in [0.717, 1.165) is 23.5 Å². The molecule has 0 aliphatic carbocycles. The van der Waals surface area contributed by atoms with E-state index in [-0.39, 0.29) is 17.2 Å². The predicted octanol–water partition coefficient (Wildman–Crippen LogP) is 3.15. The highest BCUT2D eigenvalue weighted by Gasteiger charge is 2.15. The Morgan fingerprint density at radius 2 is 1.92 bits per heavy atom. The molecule has 3 aromatic rings. The van der Waals surface area contributed by atoms with Gasteiger partial charge in [-0.2, -0.15) is 0 Å². The smallest absolute Gasteiger partial charge is 0.255 e. The molecule has 2 heterocycles. The zero-order valence-corrected chi connectivity index (χ0v) is 14.1. The van der Waals surface area contributed by atoms with E-state index in [1.54, 1.807) is 19.9 Å². The first-order chi connectivity index (χ1) is 11.8. The number of nitrogens with one attached hydrogen (secondary N) is 2. The lowest BCUT2D eigenvalue weighted by molar-refractivity contribution is -0.115. The van der Waals surface area contributed by atoms with Crippen LogP contribution in [-0.4, -0.2) is 23.3 Å². The van der Waals surface area contributed by atoms with Crippen LogP contribution in [0.4, 0.5) is 13.9 Å². The fraction of sp³-hybridized carbons (Fsp3) is 0.188. The van der Waals surface area contributed by atoms with Gasteiger partial charge >= 0.3 is 0 Å². The van der Waals surface area contributed by atoms with Gasteiger partial charge in [-0.1, -0.05) is 11.3 Å². The number of carbonyl (C=O) groups is 2. The number of hydrogen-bond acceptors (Lipinski definition) is 5. The Kier molecular flexibility index (Phi) is 4.49. The number of furan rings is 1. The predicted molar refractivity (Wildman–Crippen MR) is 88.7 cm³/mol. The Labute approximate surface area is 144 Å². The first-order valence-electron chi connectivity index (χ1n) is 7.24. The summed E-state index contributed by atoms with van der Waals surface area (Å²) >= 11 is 1.01. The first-order valence-corrected chi connectivity index (χ1v) is 8.06. The molecule has 0 saturated heterocycles. The van der Waals surface area contributed by atoms with E-state index in [9.17, 15) is 18.4 Å². The van der Waals surface area contributed by atoms with Gasteiger partial charge in [0.25, 0.3) is 5.91 Å². The van der Waals surface area contributed by atoms with Crippen molar-refractivity contribution in [1.82, 2.24) is 10.3 Å². The van der Waals surface area contributed by atoms with Crippen molar-refractivity contribution < 1.29 is 22.8 Å². The van der Waals surface area contributed by atoms with E-state index in [0.29, 0.717) is 21.8 Å². The average Bonchev–Trinajstić information content (AvgIpc) is 3.07. The Morgan fingerprint density at radius 1 is 1.20 bits per heavy atom. The number of thiazole rings is 1. The standard InChI is InChI=1S/C16H13F2N3O3S/c1-7-3-9(8(2)24-7)15(23)19-6-14(22)21-16-20-12-4-10(17)11(18)5-13(12)25-16/h3-5H,6H2,1-2H3,(H,19,23)(H,20,21,22). The van der Waals surface area contributed by atoms with Crippen LogP contribution in [0, 0.1) is 25.5 Å². The normalized spacial score (nSPS) is 10.9. The Bertz CT molecular complexity index is 942. The van der Waals surface area contributed by atoms with Crippen LogP contribution in [0.1, 0.15) is 21.9 Å². The largest absolute Gasteiger partial charge is 0.466 e. The Hall–Kier alpha value is -2.81. The van der Waals surface area contributed by atoms with Crippen molar-refractivity contribution >= 4 is 38.5 Å². The molecule has 0 aliphatic rings. The van der Waals surface area contributed by atoms with Gasteiger partial charge in [0.1, 0.15) is 11.5 Å². The molecule has 0 fully saturated rings. The summed E-state index contributed by atoms with van der Waals surface area (Å²) in [6.07, 6.45) is 0. The number of halogens is 2. The second-order valence-corrected chi connectivity index (χ2v) is 6.34. The van der Waals surface area contributed by atoms with Gasteiger partial charge in [0.05, 0.1) is 22.3 Å². The monoisotopic (exact) mass is 365 g/mol. The minimum atomic E-state index is -1.01. The van der Waals surface area contributed by atoms with Gasteiger partial charge in [0, 0.05) is 6.07 Å². The maximum absolute atomic E-state index is 13.2. The fourth-order valence-electron chi connectivity index (χ4n) is 2.25. The third kappa shape index (κ3) is 3.66. The molecule has 0 aliphatic heterocycles. The molecule has 2 N–H and O–H groups in total. The van der Waals surface area contributed by atoms with Crippen molar-refractivity contribution in [2.75, 3.05) is 11.9 Å². The maximum atomic E-state index is 13.2. The van der Waals surface area contributed by atoms with Crippen LogP contribution in [0.25, 0.3) is 10.2 Å². The highest BCUT2D eigenvalue weighted by Crippen LogP contribution is 2.27. The number of carbonyl (C=O) groups excluding carboxylic acids is 2. The van der Waals surface area contributed by atoms with Crippen molar-refractivity contribution in [2.24, 2.45) is 0 Å². The second-order valence-electron chi connectivity index (χ2n) is 5.31. The van der Waals surface area contributed by atoms with Gasteiger partial charge in [-0.25, -0.2) is 13.8 Å². The minimum Gasteiger partial charge on any atom is -0.466 e. The molecule has 2 aromatic heterocycles. The molecule has 9 heteroatoms. The van der Waals surface area contributed by atoms with Crippen LogP contribution in [0.3, 0.4) is 0 Å². The molecule has 3 rings (SSSR count). The van der Waals surface area contributed by atoms with Crippen molar-refractivity contribution in [1.29, 1.82) is 0 Å². The molecule has 0 bridgehead atoms. The van der Waals surface area contributed by atoms with Crippen LogP contribution in [-0.2, 0) is 4.79 Å². The van der Waals surface area contributed by atoms with Gasteiger partial charge in [-0.3, -0.25) is 9.59 Å². The SMILES string of the molecule is Cc1cc(C(=O)NCC(=O)Nc2nc3cc(F)c(F)cc3s2)c(C)o1. The number of fused-ring (bicyclic) bond motifs is 1. The average molecular weight is 365 g/mol. The summed E-state index contributed by atoms with van der Waals surface area (Å²) in [5, 5.41) is 5.14. The second kappa shape index (κ2) is 6.60. The van der Waals surface area contributed by atoms with Gasteiger partial charge in [0.2, 0.25) is 5.91 Å². The molecule has 0 radical (unpaired) electrons. The van der Waals surface area contributed by atoms with Crippen molar-refractivity contribution in [3.05, 3.63) is 46.9 Å². The van der Waals surface area contributed by atoms with Gasteiger partial charge in [-0.15, -0.1) is 0 Å². The summed E-state index contributed by atoms with van der Waals surface area (Å²) < 4.78 is 32.0. The number of rotatable bonds is 4. The van der Waals surface area contributed by atoms with Crippen molar-refractivity contribution in [3.63, 3.8) is 0 Å². The number of aromatic nitrogens is 1. The number of hydrogen-bond donors (Lipinski definition) is 2. The molecule has 6 nitrogen and oxygen atoms in total. The summed E-state index contributed by atoms with van der Waals surface area (Å²) in [4.78, 5) is 27.9. The summed E-state index contributed by atoms with van der Waals surface area (Å²) in [6.45, 7) is 3.10. The minimum absolute atomic E-state index is 0.189.